The highest BCUT2D eigenvalue weighted by Crippen LogP contribution is 2.33. The molecule has 0 amide bonds. The first kappa shape index (κ1) is 14.3. The van der Waals surface area contributed by atoms with Crippen LogP contribution in [0.25, 0.3) is 5.00 Å². The lowest BCUT2D eigenvalue weighted by Gasteiger charge is -2.08. The molecule has 0 atom stereocenters. The van der Waals surface area contributed by atoms with Crippen LogP contribution in [0.2, 0.25) is 0 Å². The van der Waals surface area contributed by atoms with Crippen molar-refractivity contribution >= 4 is 23.5 Å². The number of aromatic nitrogens is 1. The molecule has 5 nitrogen and oxygen atoms in total. The summed E-state index contributed by atoms with van der Waals surface area (Å²) in [5, 5.41) is 21.9. The van der Waals surface area contributed by atoms with Gasteiger partial charge >= 0.3 is 5.97 Å². The van der Waals surface area contributed by atoms with Gasteiger partial charge in [0.1, 0.15) is 5.00 Å². The van der Waals surface area contributed by atoms with Gasteiger partial charge in [-0.05, 0) is 39.3 Å². The van der Waals surface area contributed by atoms with E-state index in [1.807, 2.05) is 38.3 Å². The molecular formula is C14H16N2O3S. The lowest BCUT2D eigenvalue weighted by atomic mass is 10.1. The quantitative estimate of drug-likeness (QED) is 0.518. The molecule has 0 spiro atoms. The Morgan fingerprint density at radius 1 is 1.35 bits per heavy atom. The highest BCUT2D eigenvalue weighted by atomic mass is 32.1. The molecule has 20 heavy (non-hydrogen) atoms. The minimum Gasteiger partial charge on any atom is -0.478 e. The third kappa shape index (κ3) is 2.12. The number of hydrogen-bond acceptors (Lipinski definition) is 4. The SMILES string of the molecule is Cc1sc(-n2c(C)cc(C=NO)c2C)c(C(=O)O)c1C. The summed E-state index contributed by atoms with van der Waals surface area (Å²) in [4.78, 5) is 12.5. The summed E-state index contributed by atoms with van der Waals surface area (Å²) in [7, 11) is 0. The van der Waals surface area contributed by atoms with Crippen molar-refractivity contribution in [1.82, 2.24) is 4.57 Å². The van der Waals surface area contributed by atoms with E-state index in [1.54, 1.807) is 0 Å². The van der Waals surface area contributed by atoms with E-state index in [4.69, 9.17) is 5.21 Å². The number of nitrogens with zero attached hydrogens (tertiary/aromatic N) is 2. The number of rotatable bonds is 3. The molecule has 0 bridgehead atoms. The second kappa shape index (κ2) is 5.13. The van der Waals surface area contributed by atoms with Gasteiger partial charge < -0.3 is 14.9 Å². The van der Waals surface area contributed by atoms with Gasteiger partial charge in [-0.15, -0.1) is 11.3 Å². The van der Waals surface area contributed by atoms with Crippen molar-refractivity contribution in [1.29, 1.82) is 0 Å². The maximum absolute atomic E-state index is 11.5. The molecule has 0 saturated heterocycles. The number of carboxylic acid groups (broad SMARTS) is 1. The molecule has 0 fully saturated rings. The monoisotopic (exact) mass is 292 g/mol. The normalized spacial score (nSPS) is 11.4. The number of oxime groups is 1. The van der Waals surface area contributed by atoms with Crippen molar-refractivity contribution < 1.29 is 15.1 Å². The van der Waals surface area contributed by atoms with Gasteiger partial charge in [-0.25, -0.2) is 4.79 Å². The summed E-state index contributed by atoms with van der Waals surface area (Å²) in [6, 6.07) is 1.87. The van der Waals surface area contributed by atoms with Crippen molar-refractivity contribution in [2.75, 3.05) is 0 Å². The highest BCUT2D eigenvalue weighted by molar-refractivity contribution is 7.15. The first-order valence-electron chi connectivity index (χ1n) is 6.08. The van der Waals surface area contributed by atoms with Crippen LogP contribution in [0.3, 0.4) is 0 Å². The van der Waals surface area contributed by atoms with E-state index >= 15 is 0 Å². The van der Waals surface area contributed by atoms with Gasteiger partial charge in [0.15, 0.2) is 0 Å². The summed E-state index contributed by atoms with van der Waals surface area (Å²) >= 11 is 1.46. The van der Waals surface area contributed by atoms with E-state index in [0.717, 1.165) is 27.4 Å². The fraction of sp³-hybridized carbons (Fsp3) is 0.286. The molecule has 2 aromatic heterocycles. The van der Waals surface area contributed by atoms with Crippen LogP contribution in [0, 0.1) is 27.7 Å². The van der Waals surface area contributed by atoms with Crippen molar-refractivity contribution in [3.63, 3.8) is 0 Å². The van der Waals surface area contributed by atoms with Crippen LogP contribution in [0.4, 0.5) is 0 Å². The summed E-state index contributed by atoms with van der Waals surface area (Å²) in [6.45, 7) is 7.51. The van der Waals surface area contributed by atoms with Gasteiger partial charge in [-0.3, -0.25) is 0 Å². The van der Waals surface area contributed by atoms with Gasteiger partial charge in [0, 0.05) is 21.8 Å². The van der Waals surface area contributed by atoms with Crippen LogP contribution in [-0.2, 0) is 0 Å². The predicted molar refractivity (Wildman–Crippen MR) is 78.9 cm³/mol. The van der Waals surface area contributed by atoms with Crippen LogP contribution in [-0.4, -0.2) is 27.1 Å². The Labute approximate surface area is 120 Å². The molecule has 2 rings (SSSR count). The smallest absolute Gasteiger partial charge is 0.339 e. The zero-order valence-corrected chi connectivity index (χ0v) is 12.6. The highest BCUT2D eigenvalue weighted by Gasteiger charge is 2.22. The maximum atomic E-state index is 11.5. The van der Waals surface area contributed by atoms with Crippen LogP contribution >= 0.6 is 11.3 Å². The lowest BCUT2D eigenvalue weighted by molar-refractivity contribution is 0.0696. The first-order valence-corrected chi connectivity index (χ1v) is 6.90. The second-order valence-corrected chi connectivity index (χ2v) is 5.88. The summed E-state index contributed by atoms with van der Waals surface area (Å²) in [5.74, 6) is -0.924. The Kier molecular flexibility index (Phi) is 3.67. The Bertz CT molecular complexity index is 711. The van der Waals surface area contributed by atoms with E-state index in [9.17, 15) is 9.90 Å². The van der Waals surface area contributed by atoms with E-state index in [2.05, 4.69) is 5.16 Å². The molecule has 2 heterocycles. The standard InChI is InChI=1S/C14H16N2O3S/c1-7-5-11(6-15-19)9(3)16(7)13-12(14(17)18)8(2)10(4)20-13/h5-6,19H,1-4H3,(H,17,18). The van der Waals surface area contributed by atoms with Crippen LogP contribution in [0.1, 0.15) is 37.7 Å². The molecular weight excluding hydrogens is 276 g/mol. The summed E-state index contributed by atoms with van der Waals surface area (Å²) < 4.78 is 1.89. The van der Waals surface area contributed by atoms with Crippen LogP contribution in [0.5, 0.6) is 0 Å². The first-order chi connectivity index (χ1) is 9.38. The molecule has 0 aliphatic carbocycles. The fourth-order valence-corrected chi connectivity index (χ4v) is 3.57. The van der Waals surface area contributed by atoms with Crippen molar-refractivity contribution in [3.05, 3.63) is 39.0 Å². The van der Waals surface area contributed by atoms with E-state index in [0.29, 0.717) is 10.6 Å². The van der Waals surface area contributed by atoms with Gasteiger partial charge in [0.25, 0.3) is 0 Å². The maximum Gasteiger partial charge on any atom is 0.339 e. The number of thiophene rings is 1. The molecule has 0 radical (unpaired) electrons. The van der Waals surface area contributed by atoms with Gasteiger partial charge in [0.05, 0.1) is 11.8 Å². The minimum atomic E-state index is -0.924. The van der Waals surface area contributed by atoms with Crippen molar-refractivity contribution in [3.8, 4) is 5.00 Å². The van der Waals surface area contributed by atoms with Crippen LogP contribution in [0.15, 0.2) is 11.2 Å². The van der Waals surface area contributed by atoms with Crippen molar-refractivity contribution in [2.24, 2.45) is 5.16 Å². The van der Waals surface area contributed by atoms with Gasteiger partial charge in [-0.2, -0.15) is 0 Å². The van der Waals surface area contributed by atoms with E-state index < -0.39 is 5.97 Å². The average molecular weight is 292 g/mol. The summed E-state index contributed by atoms with van der Waals surface area (Å²) in [6.07, 6.45) is 1.35. The Hall–Kier alpha value is -2.08. The van der Waals surface area contributed by atoms with Crippen molar-refractivity contribution in [2.45, 2.75) is 27.7 Å². The molecule has 2 N–H and O–H groups in total. The fourth-order valence-electron chi connectivity index (χ4n) is 2.31. The predicted octanol–water partition coefficient (Wildman–Crippen LogP) is 3.28. The number of carboxylic acids is 1. The van der Waals surface area contributed by atoms with E-state index in [1.165, 1.54) is 17.6 Å². The zero-order valence-electron chi connectivity index (χ0n) is 11.8. The number of aryl methyl sites for hydroxylation is 2. The third-order valence-electron chi connectivity index (χ3n) is 3.45. The molecule has 0 unspecified atom stereocenters. The number of carbonyl (C=O) groups is 1. The van der Waals surface area contributed by atoms with E-state index in [-0.39, 0.29) is 0 Å². The minimum absolute atomic E-state index is 0.335. The third-order valence-corrected chi connectivity index (χ3v) is 4.64. The summed E-state index contributed by atoms with van der Waals surface area (Å²) in [5.41, 5.74) is 3.65. The Morgan fingerprint density at radius 2 is 2.00 bits per heavy atom. The second-order valence-electron chi connectivity index (χ2n) is 4.68. The Balaban J connectivity index is 2.75. The molecule has 6 heteroatoms. The molecule has 0 aliphatic rings. The largest absolute Gasteiger partial charge is 0.478 e. The van der Waals surface area contributed by atoms with Gasteiger partial charge in [0.2, 0.25) is 0 Å². The molecule has 0 aromatic carbocycles. The van der Waals surface area contributed by atoms with Gasteiger partial charge in [-0.1, -0.05) is 5.16 Å². The zero-order chi connectivity index (χ0) is 15.0. The molecule has 106 valence electrons. The topological polar surface area (TPSA) is 74.8 Å². The van der Waals surface area contributed by atoms with Crippen LogP contribution < -0.4 is 0 Å². The average Bonchev–Trinajstić information content (AvgIpc) is 2.79. The number of hydrogen-bond donors (Lipinski definition) is 2. The molecule has 2 aromatic rings. The molecule has 0 aliphatic heterocycles. The number of aromatic carboxylic acids is 1. The molecule has 0 saturated carbocycles. The lowest BCUT2D eigenvalue weighted by Crippen LogP contribution is -2.06. The Morgan fingerprint density at radius 3 is 2.55 bits per heavy atom.